The molecule has 4 nitrogen and oxygen atoms in total. The Morgan fingerprint density at radius 3 is 2.87 bits per heavy atom. The largest absolute Gasteiger partial charge is 0.465 e. The fourth-order valence-corrected chi connectivity index (χ4v) is 3.64. The highest BCUT2D eigenvalue weighted by Crippen LogP contribution is 2.29. The van der Waals surface area contributed by atoms with Crippen LogP contribution in [0.5, 0.6) is 0 Å². The van der Waals surface area contributed by atoms with E-state index < -0.39 is 0 Å². The standard InChI is InChI=1S/C17H19FN2O2S/c1-2-22-17(21)11-23-10-15-14-4-3-5-16(14)20(19-15)13-8-6-12(18)7-9-13/h6-9H,2-5,10-11H2,1H3. The molecular formula is C17H19FN2O2S. The Kier molecular flexibility index (Phi) is 5.00. The third-order valence-corrected chi connectivity index (χ3v) is 4.77. The fourth-order valence-electron chi connectivity index (χ4n) is 2.86. The Bertz CT molecular complexity index is 697. The highest BCUT2D eigenvalue weighted by atomic mass is 32.2. The van der Waals surface area contributed by atoms with Crippen molar-refractivity contribution in [1.82, 2.24) is 9.78 Å². The van der Waals surface area contributed by atoms with E-state index in [1.54, 1.807) is 19.1 Å². The summed E-state index contributed by atoms with van der Waals surface area (Å²) in [5, 5.41) is 4.70. The van der Waals surface area contributed by atoms with Crippen LogP contribution < -0.4 is 0 Å². The van der Waals surface area contributed by atoms with Crippen LogP contribution in [-0.4, -0.2) is 28.1 Å². The van der Waals surface area contributed by atoms with Gasteiger partial charge in [-0.25, -0.2) is 9.07 Å². The van der Waals surface area contributed by atoms with E-state index >= 15 is 0 Å². The summed E-state index contributed by atoms with van der Waals surface area (Å²) in [6, 6.07) is 6.40. The minimum absolute atomic E-state index is 0.188. The van der Waals surface area contributed by atoms with Gasteiger partial charge in [0.05, 0.1) is 23.7 Å². The highest BCUT2D eigenvalue weighted by Gasteiger charge is 2.23. The van der Waals surface area contributed by atoms with Crippen LogP contribution in [0.15, 0.2) is 24.3 Å². The first-order valence-electron chi connectivity index (χ1n) is 7.78. The molecule has 3 rings (SSSR count). The van der Waals surface area contributed by atoms with Crippen molar-refractivity contribution in [2.45, 2.75) is 31.9 Å². The summed E-state index contributed by atoms with van der Waals surface area (Å²) in [5.74, 6) is 0.594. The Labute approximate surface area is 139 Å². The van der Waals surface area contributed by atoms with Crippen molar-refractivity contribution >= 4 is 17.7 Å². The van der Waals surface area contributed by atoms with Gasteiger partial charge in [-0.15, -0.1) is 11.8 Å². The Balaban J connectivity index is 1.76. The van der Waals surface area contributed by atoms with Crippen molar-refractivity contribution in [3.63, 3.8) is 0 Å². The molecule has 1 aliphatic carbocycles. The molecule has 0 unspecified atom stereocenters. The molecule has 0 saturated heterocycles. The number of carbonyl (C=O) groups excluding carboxylic acids is 1. The van der Waals surface area contributed by atoms with Crippen LogP contribution in [0, 0.1) is 5.82 Å². The van der Waals surface area contributed by atoms with Gasteiger partial charge in [-0.05, 0) is 56.0 Å². The molecular weight excluding hydrogens is 315 g/mol. The summed E-state index contributed by atoms with van der Waals surface area (Å²) in [6.45, 7) is 2.22. The smallest absolute Gasteiger partial charge is 0.315 e. The third-order valence-electron chi connectivity index (χ3n) is 3.85. The van der Waals surface area contributed by atoms with E-state index in [0.29, 0.717) is 18.1 Å². The monoisotopic (exact) mass is 334 g/mol. The zero-order valence-corrected chi connectivity index (χ0v) is 13.9. The summed E-state index contributed by atoms with van der Waals surface area (Å²) >= 11 is 1.52. The number of rotatable bonds is 6. The molecule has 6 heteroatoms. The van der Waals surface area contributed by atoms with Crippen LogP contribution in [0.3, 0.4) is 0 Å². The van der Waals surface area contributed by atoms with E-state index in [9.17, 15) is 9.18 Å². The van der Waals surface area contributed by atoms with E-state index in [1.165, 1.54) is 35.2 Å². The first kappa shape index (κ1) is 16.1. The van der Waals surface area contributed by atoms with Crippen LogP contribution in [0.2, 0.25) is 0 Å². The maximum atomic E-state index is 13.1. The first-order chi connectivity index (χ1) is 11.2. The number of aromatic nitrogens is 2. The number of thioether (sulfide) groups is 1. The zero-order chi connectivity index (χ0) is 16.2. The lowest BCUT2D eigenvalue weighted by molar-refractivity contribution is -0.139. The summed E-state index contributed by atoms with van der Waals surface area (Å²) in [5.41, 5.74) is 4.40. The lowest BCUT2D eigenvalue weighted by atomic mass is 10.2. The molecule has 1 aromatic heterocycles. The summed E-state index contributed by atoms with van der Waals surface area (Å²) in [4.78, 5) is 11.4. The summed E-state index contributed by atoms with van der Waals surface area (Å²) < 4.78 is 20.0. The van der Waals surface area contributed by atoms with Crippen LogP contribution in [-0.2, 0) is 28.1 Å². The molecule has 0 atom stereocenters. The predicted molar refractivity (Wildman–Crippen MR) is 88.3 cm³/mol. The molecule has 122 valence electrons. The number of hydrogen-bond acceptors (Lipinski definition) is 4. The zero-order valence-electron chi connectivity index (χ0n) is 13.0. The van der Waals surface area contributed by atoms with E-state index in [1.807, 2.05) is 4.68 Å². The Hall–Kier alpha value is -1.82. The SMILES string of the molecule is CCOC(=O)CSCc1nn(-c2ccc(F)cc2)c2c1CCC2. The van der Waals surface area contributed by atoms with Gasteiger partial charge in [-0.3, -0.25) is 4.79 Å². The number of benzene rings is 1. The van der Waals surface area contributed by atoms with Gasteiger partial charge in [0, 0.05) is 11.4 Å². The maximum Gasteiger partial charge on any atom is 0.315 e. The summed E-state index contributed by atoms with van der Waals surface area (Å²) in [6.07, 6.45) is 3.12. The molecule has 1 aliphatic rings. The molecule has 2 aromatic rings. The van der Waals surface area contributed by atoms with E-state index in [-0.39, 0.29) is 11.8 Å². The normalized spacial score (nSPS) is 13.1. The molecule has 1 aromatic carbocycles. The molecule has 23 heavy (non-hydrogen) atoms. The highest BCUT2D eigenvalue weighted by molar-refractivity contribution is 7.99. The maximum absolute atomic E-state index is 13.1. The Morgan fingerprint density at radius 2 is 2.13 bits per heavy atom. The van der Waals surface area contributed by atoms with Crippen molar-refractivity contribution in [3.05, 3.63) is 47.0 Å². The number of ether oxygens (including phenoxy) is 1. The molecule has 1 heterocycles. The molecule has 0 fully saturated rings. The molecule has 0 spiro atoms. The van der Waals surface area contributed by atoms with Crippen molar-refractivity contribution in [2.24, 2.45) is 0 Å². The number of hydrogen-bond donors (Lipinski definition) is 0. The van der Waals surface area contributed by atoms with E-state index in [2.05, 4.69) is 0 Å². The van der Waals surface area contributed by atoms with Crippen molar-refractivity contribution in [1.29, 1.82) is 0 Å². The van der Waals surface area contributed by atoms with Crippen LogP contribution in [0.1, 0.15) is 30.3 Å². The van der Waals surface area contributed by atoms with Gasteiger partial charge in [0.25, 0.3) is 0 Å². The van der Waals surface area contributed by atoms with Gasteiger partial charge in [-0.1, -0.05) is 0 Å². The first-order valence-corrected chi connectivity index (χ1v) is 8.93. The number of esters is 1. The van der Waals surface area contributed by atoms with Gasteiger partial charge in [0.15, 0.2) is 0 Å². The minimum Gasteiger partial charge on any atom is -0.465 e. The van der Waals surface area contributed by atoms with Crippen molar-refractivity contribution in [3.8, 4) is 5.69 Å². The van der Waals surface area contributed by atoms with Crippen molar-refractivity contribution < 1.29 is 13.9 Å². The van der Waals surface area contributed by atoms with Crippen molar-refractivity contribution in [2.75, 3.05) is 12.4 Å². The molecule has 0 saturated carbocycles. The third kappa shape index (κ3) is 3.58. The molecule has 0 amide bonds. The molecule has 0 N–H and O–H groups in total. The summed E-state index contributed by atoms with van der Waals surface area (Å²) in [7, 11) is 0. The van der Waals surface area contributed by atoms with E-state index in [4.69, 9.17) is 9.84 Å². The second-order valence-corrected chi connectivity index (χ2v) is 6.40. The van der Waals surface area contributed by atoms with Crippen LogP contribution in [0.4, 0.5) is 4.39 Å². The number of carbonyl (C=O) groups is 1. The number of halogens is 1. The molecule has 0 bridgehead atoms. The lowest BCUT2D eigenvalue weighted by Gasteiger charge is -2.05. The second kappa shape index (κ2) is 7.17. The van der Waals surface area contributed by atoms with Gasteiger partial charge < -0.3 is 4.74 Å². The number of nitrogens with zero attached hydrogens (tertiary/aromatic N) is 2. The topological polar surface area (TPSA) is 44.1 Å². The Morgan fingerprint density at radius 1 is 1.35 bits per heavy atom. The average molecular weight is 334 g/mol. The lowest BCUT2D eigenvalue weighted by Crippen LogP contribution is -2.07. The molecule has 0 aliphatic heterocycles. The van der Waals surface area contributed by atoms with Gasteiger partial charge >= 0.3 is 5.97 Å². The quantitative estimate of drug-likeness (QED) is 0.761. The average Bonchev–Trinajstić information content (AvgIpc) is 3.12. The second-order valence-electron chi connectivity index (χ2n) is 5.41. The van der Waals surface area contributed by atoms with Crippen LogP contribution >= 0.6 is 11.8 Å². The minimum atomic E-state index is -0.247. The fraction of sp³-hybridized carbons (Fsp3) is 0.412. The predicted octanol–water partition coefficient (Wildman–Crippen LogP) is 3.30. The number of fused-ring (bicyclic) bond motifs is 1. The molecule has 0 radical (unpaired) electrons. The van der Waals surface area contributed by atoms with Gasteiger partial charge in [-0.2, -0.15) is 5.10 Å². The van der Waals surface area contributed by atoms with Gasteiger partial charge in [0.2, 0.25) is 0 Å². The van der Waals surface area contributed by atoms with Crippen LogP contribution in [0.25, 0.3) is 5.69 Å². The van der Waals surface area contributed by atoms with Gasteiger partial charge in [0.1, 0.15) is 5.82 Å². The van der Waals surface area contributed by atoms with E-state index in [0.717, 1.165) is 30.6 Å².